The van der Waals surface area contributed by atoms with Crippen LogP contribution < -0.4 is 4.90 Å². The van der Waals surface area contributed by atoms with E-state index in [0.717, 1.165) is 48.3 Å². The number of aliphatic carboxylic acids is 1. The first kappa shape index (κ1) is 63.1. The molecule has 0 aromatic heterocycles. The Morgan fingerprint density at radius 3 is 1.53 bits per heavy atom. The number of nitrogens with zero attached hydrogens (tertiary/aromatic N) is 3. The number of fused-ring (bicyclic) bond motifs is 2. The molecule has 2 heterocycles. The maximum Gasteiger partial charge on any atom is 0.309 e. The van der Waals surface area contributed by atoms with Gasteiger partial charge in [0.25, 0.3) is 6.47 Å². The standard InChI is InChI=1S/C68H105N3O4/c1-7-9-11-13-15-17-19-21-23-25-27-29-31-33-35-37-50-67(5)60-43-39-41-57(3)65(60)70(52-49-64(73)74)62(67)47-45-59(55-69)46-48-63-68(6,61-44-40-42-58(4)66(61)71(63)53-54-75-56-72)51-38-36-34-32-30-28-26-24-22-20-18-16-14-12-10-8-2/h39-48,56H,7-38,49-54H2,1-6H3/p+1. The normalized spacial score (nSPS) is 17.9. The van der Waals surface area contributed by atoms with Gasteiger partial charge in [0.05, 0.1) is 23.6 Å². The Hall–Kier alpha value is -4.44. The summed E-state index contributed by atoms with van der Waals surface area (Å²) >= 11 is 0. The number of aryl methyl sites for hydroxylation is 2. The van der Waals surface area contributed by atoms with Gasteiger partial charge in [0.1, 0.15) is 13.0 Å². The Morgan fingerprint density at radius 2 is 1.08 bits per heavy atom. The predicted octanol–water partition coefficient (Wildman–Crippen LogP) is 19.3. The molecule has 0 bridgehead atoms. The smallest absolute Gasteiger partial charge is 0.309 e. The molecule has 1 N–H and O–H groups in total. The first-order valence-corrected chi connectivity index (χ1v) is 31.0. The highest BCUT2D eigenvalue weighted by Gasteiger charge is 2.48. The second-order valence-electron chi connectivity index (χ2n) is 23.1. The largest absolute Gasteiger partial charge is 0.481 e. The summed E-state index contributed by atoms with van der Waals surface area (Å²) in [5.41, 5.74) is 9.23. The number of carboxylic acids is 1. The summed E-state index contributed by atoms with van der Waals surface area (Å²) < 4.78 is 7.55. The summed E-state index contributed by atoms with van der Waals surface area (Å²) in [6, 6.07) is 15.6. The molecule has 2 aromatic carbocycles. The lowest BCUT2D eigenvalue weighted by Crippen LogP contribution is -2.31. The summed E-state index contributed by atoms with van der Waals surface area (Å²) in [5.74, 6) is -0.817. The Morgan fingerprint density at radius 1 is 0.640 bits per heavy atom. The highest BCUT2D eigenvalue weighted by atomic mass is 16.5. The van der Waals surface area contributed by atoms with Crippen LogP contribution in [-0.4, -0.2) is 47.5 Å². The SMILES string of the molecule is CCCCCCCCCCCCCCCCCCC1(C)C(/C=C/C(C#N)=C/C=C2/N(CCOC=O)c3c(C)cccc3C2(C)CCCCCCCCCCCCCCCCCC)=[N+](CCC(=O)O)c2c(C)cccc21. The van der Waals surface area contributed by atoms with Crippen LogP contribution in [0.2, 0.25) is 0 Å². The van der Waals surface area contributed by atoms with Crippen LogP contribution in [0, 0.1) is 25.2 Å². The average Bonchev–Trinajstić information content (AvgIpc) is 3.79. The molecule has 0 aliphatic carbocycles. The molecular formula is C68H106N3O4+. The van der Waals surface area contributed by atoms with E-state index in [4.69, 9.17) is 4.74 Å². The monoisotopic (exact) mass is 1030 g/mol. The van der Waals surface area contributed by atoms with Crippen molar-refractivity contribution in [1.82, 2.24) is 0 Å². The molecule has 0 radical (unpaired) electrons. The van der Waals surface area contributed by atoms with Crippen LogP contribution in [0.25, 0.3) is 0 Å². The third-order valence-corrected chi connectivity index (χ3v) is 17.0. The zero-order chi connectivity index (χ0) is 54.0. The molecule has 0 spiro atoms. The van der Waals surface area contributed by atoms with Gasteiger partial charge in [0.15, 0.2) is 12.3 Å². The van der Waals surface area contributed by atoms with Crippen molar-refractivity contribution < 1.29 is 24.0 Å². The van der Waals surface area contributed by atoms with Crippen molar-refractivity contribution in [3.05, 3.63) is 94.2 Å². The Balaban J connectivity index is 1.46. The maximum atomic E-state index is 12.1. The topological polar surface area (TPSA) is 93.6 Å². The van der Waals surface area contributed by atoms with Crippen molar-refractivity contribution in [3.63, 3.8) is 0 Å². The van der Waals surface area contributed by atoms with Gasteiger partial charge in [-0.25, -0.2) is 0 Å². The number of benzene rings is 2. The van der Waals surface area contributed by atoms with Gasteiger partial charge in [-0.3, -0.25) is 9.59 Å². The number of carboxylic acid groups (broad SMARTS) is 1. The fourth-order valence-corrected chi connectivity index (χ4v) is 12.5. The molecule has 7 heteroatoms. The van der Waals surface area contributed by atoms with Gasteiger partial charge in [-0.15, -0.1) is 0 Å². The molecule has 0 saturated carbocycles. The van der Waals surface area contributed by atoms with Crippen molar-refractivity contribution in [1.29, 1.82) is 5.26 Å². The molecule has 0 amide bonds. The molecule has 2 aromatic rings. The van der Waals surface area contributed by atoms with E-state index in [2.05, 4.69) is 106 Å². The summed E-state index contributed by atoms with van der Waals surface area (Å²) in [4.78, 5) is 25.8. The second-order valence-corrected chi connectivity index (χ2v) is 23.1. The Bertz CT molecular complexity index is 2140. The quantitative estimate of drug-likeness (QED) is 0.0234. The van der Waals surface area contributed by atoms with Gasteiger partial charge >= 0.3 is 5.97 Å². The number of hydrogen-bond acceptors (Lipinski definition) is 5. The number of unbranched alkanes of at least 4 members (excludes halogenated alkanes) is 30. The predicted molar refractivity (Wildman–Crippen MR) is 318 cm³/mol. The first-order valence-electron chi connectivity index (χ1n) is 31.0. The number of carbonyl (C=O) groups excluding carboxylic acids is 1. The van der Waals surface area contributed by atoms with Crippen molar-refractivity contribution in [2.75, 3.05) is 24.6 Å². The van der Waals surface area contributed by atoms with Gasteiger partial charge in [0.2, 0.25) is 5.69 Å². The number of anilines is 1. The number of carbonyl (C=O) groups is 2. The van der Waals surface area contributed by atoms with E-state index in [1.54, 1.807) is 0 Å². The fourth-order valence-electron chi connectivity index (χ4n) is 12.5. The van der Waals surface area contributed by atoms with Crippen molar-refractivity contribution in [3.8, 4) is 6.07 Å². The third kappa shape index (κ3) is 20.8. The van der Waals surface area contributed by atoms with Crippen LogP contribution in [0.1, 0.15) is 275 Å². The van der Waals surface area contributed by atoms with E-state index >= 15 is 0 Å². The number of allylic oxidation sites excluding steroid dienone is 6. The molecule has 0 fully saturated rings. The molecule has 2 aliphatic rings. The van der Waals surface area contributed by atoms with Gasteiger partial charge in [-0.2, -0.15) is 9.84 Å². The summed E-state index contributed by atoms with van der Waals surface area (Å²) in [6.07, 6.45) is 52.8. The number of nitriles is 1. The van der Waals surface area contributed by atoms with Crippen LogP contribution >= 0.6 is 0 Å². The van der Waals surface area contributed by atoms with Gasteiger partial charge < -0.3 is 14.7 Å². The second kappa shape index (κ2) is 36.6. The zero-order valence-corrected chi connectivity index (χ0v) is 48.7. The molecule has 7 nitrogen and oxygen atoms in total. The lowest BCUT2D eigenvalue weighted by Gasteiger charge is -2.30. The van der Waals surface area contributed by atoms with Crippen molar-refractivity contribution >= 4 is 29.5 Å². The number of ether oxygens (including phenoxy) is 1. The van der Waals surface area contributed by atoms with Crippen LogP contribution in [0.15, 0.2) is 72.0 Å². The fraction of sp³-hybridized carbons (Fsp3) is 0.676. The highest BCUT2D eigenvalue weighted by molar-refractivity contribution is 6.04. The van der Waals surface area contributed by atoms with Gasteiger partial charge in [-0.05, 0) is 69.9 Å². The van der Waals surface area contributed by atoms with Crippen molar-refractivity contribution in [2.45, 2.75) is 277 Å². The summed E-state index contributed by atoms with van der Waals surface area (Å²) in [7, 11) is 0. The van der Waals surface area contributed by atoms with Crippen LogP contribution in [0.4, 0.5) is 11.4 Å². The van der Waals surface area contributed by atoms with E-state index in [1.807, 2.05) is 12.2 Å². The third-order valence-electron chi connectivity index (χ3n) is 17.0. The van der Waals surface area contributed by atoms with E-state index in [1.165, 1.54) is 215 Å². The minimum absolute atomic E-state index is 0.0227. The minimum atomic E-state index is -0.817. The lowest BCUT2D eigenvalue weighted by molar-refractivity contribution is -0.437. The van der Waals surface area contributed by atoms with Crippen molar-refractivity contribution in [2.24, 2.45) is 0 Å². The number of para-hydroxylation sites is 2. The van der Waals surface area contributed by atoms with Crippen LogP contribution in [0.3, 0.4) is 0 Å². The average molecular weight is 1030 g/mol. The maximum absolute atomic E-state index is 12.1. The highest BCUT2D eigenvalue weighted by Crippen LogP contribution is 2.52. The van der Waals surface area contributed by atoms with E-state index in [9.17, 15) is 20.0 Å². The zero-order valence-electron chi connectivity index (χ0n) is 48.7. The molecule has 0 saturated heterocycles. The minimum Gasteiger partial charge on any atom is -0.481 e. The summed E-state index contributed by atoms with van der Waals surface area (Å²) in [6.45, 7) is 15.2. The molecule has 416 valence electrons. The molecular weight excluding hydrogens is 923 g/mol. The molecule has 2 unspecified atom stereocenters. The molecule has 2 atom stereocenters. The Kier molecular flexibility index (Phi) is 30.8. The van der Waals surface area contributed by atoms with Crippen LogP contribution in [-0.2, 0) is 25.2 Å². The lowest BCUT2D eigenvalue weighted by atomic mass is 9.74. The van der Waals surface area contributed by atoms with E-state index in [0.29, 0.717) is 25.1 Å². The molecule has 2 aliphatic heterocycles. The molecule has 4 rings (SSSR count). The number of hydrogen-bond donors (Lipinski definition) is 1. The van der Waals surface area contributed by atoms with E-state index < -0.39 is 5.97 Å². The van der Waals surface area contributed by atoms with Crippen LogP contribution in [0.5, 0.6) is 0 Å². The number of rotatable bonds is 44. The summed E-state index contributed by atoms with van der Waals surface area (Å²) in [5, 5.41) is 20.7. The Labute approximate surface area is 458 Å². The molecule has 75 heavy (non-hydrogen) atoms. The van der Waals surface area contributed by atoms with E-state index in [-0.39, 0.29) is 23.9 Å². The van der Waals surface area contributed by atoms with Gasteiger partial charge in [0, 0.05) is 34.0 Å². The first-order chi connectivity index (χ1) is 36.6. The van der Waals surface area contributed by atoms with Gasteiger partial charge in [-0.1, -0.05) is 256 Å².